The highest BCUT2D eigenvalue weighted by Crippen LogP contribution is 2.39. The summed E-state index contributed by atoms with van der Waals surface area (Å²) in [6.07, 6.45) is 3.94. The molecule has 0 bridgehead atoms. The van der Waals surface area contributed by atoms with Crippen LogP contribution in [0.5, 0.6) is 0 Å². The van der Waals surface area contributed by atoms with Crippen LogP contribution in [-0.4, -0.2) is 35.3 Å². The Morgan fingerprint density at radius 1 is 1.03 bits per heavy atom. The topological polar surface area (TPSA) is 122 Å². The summed E-state index contributed by atoms with van der Waals surface area (Å²) in [5, 5.41) is 16.7. The van der Waals surface area contributed by atoms with Gasteiger partial charge in [0.1, 0.15) is 0 Å². The lowest BCUT2D eigenvalue weighted by Gasteiger charge is -2.41. The maximum Gasteiger partial charge on any atom is 0.322 e. The largest absolute Gasteiger partial charge is 0.345 e. The Kier molecular flexibility index (Phi) is 9.68. The molecule has 0 aromatic heterocycles. The van der Waals surface area contributed by atoms with Gasteiger partial charge in [0, 0.05) is 33.9 Å². The average molecular weight is 546 g/mol. The van der Waals surface area contributed by atoms with Crippen LogP contribution in [0.3, 0.4) is 0 Å². The van der Waals surface area contributed by atoms with Gasteiger partial charge in [0.25, 0.3) is 5.91 Å². The van der Waals surface area contributed by atoms with Crippen molar-refractivity contribution in [2.75, 3.05) is 11.9 Å². The maximum atomic E-state index is 13.5. The predicted molar refractivity (Wildman–Crippen MR) is 148 cm³/mol. The highest BCUT2D eigenvalue weighted by Gasteiger charge is 2.33. The predicted octanol–water partition coefficient (Wildman–Crippen LogP) is 7.37. The number of amides is 3. The average Bonchev–Trinajstić information content (AvgIpc) is 2.84. The quantitative estimate of drug-likeness (QED) is 0.165. The van der Waals surface area contributed by atoms with Crippen LogP contribution in [0.15, 0.2) is 47.6 Å². The molecule has 198 valence electrons. The van der Waals surface area contributed by atoms with Crippen molar-refractivity contribution in [3.05, 3.63) is 63.6 Å². The molecule has 1 saturated carbocycles. The number of carbonyl (C=O) groups is 2. The molecule has 1 aliphatic rings. The fraction of sp³-hybridized carbons (Fsp3) is 0.444. The third kappa shape index (κ3) is 8.27. The standard InChI is InChI=1S/C27H34Cl2N6O2/c1-27(2,3)19-8-10-23(11-9-19)35(26(37)33-22-13-20(28)12-21(29)14-22)16-17-4-6-18(7-5-17)25(36)32-15-24(30)34-31/h4-7,12-14,19,23,30-31H,8-11,15-16H2,1-3H3,(H,32,36)(H,33,37). The molecule has 0 unspecified atom stereocenters. The van der Waals surface area contributed by atoms with E-state index < -0.39 is 0 Å². The van der Waals surface area contributed by atoms with Gasteiger partial charge in [-0.2, -0.15) is 0 Å². The van der Waals surface area contributed by atoms with Gasteiger partial charge in [-0.25, -0.2) is 10.3 Å². The first-order chi connectivity index (χ1) is 17.5. The highest BCUT2D eigenvalue weighted by atomic mass is 35.5. The van der Waals surface area contributed by atoms with E-state index in [1.165, 1.54) is 0 Å². The number of urea groups is 1. The minimum absolute atomic E-state index is 0.0795. The summed E-state index contributed by atoms with van der Waals surface area (Å²) in [4.78, 5) is 27.7. The molecule has 0 atom stereocenters. The number of anilines is 1. The number of hydrogen-bond donors (Lipinski definition) is 4. The van der Waals surface area contributed by atoms with Crippen LogP contribution in [0.4, 0.5) is 10.5 Å². The monoisotopic (exact) mass is 544 g/mol. The van der Waals surface area contributed by atoms with E-state index in [1.807, 2.05) is 17.0 Å². The van der Waals surface area contributed by atoms with Gasteiger partial charge in [0.2, 0.25) is 0 Å². The fourth-order valence-electron chi connectivity index (χ4n) is 4.71. The van der Waals surface area contributed by atoms with Crippen LogP contribution in [0.25, 0.3) is 0 Å². The summed E-state index contributed by atoms with van der Waals surface area (Å²) in [6, 6.07) is 11.8. The Balaban J connectivity index is 1.75. The second-order valence-electron chi connectivity index (χ2n) is 10.5. The summed E-state index contributed by atoms with van der Waals surface area (Å²) in [7, 11) is 0. The molecule has 3 amide bonds. The molecule has 0 heterocycles. The minimum atomic E-state index is -0.354. The number of hydrogen-bond acceptors (Lipinski definition) is 4. The van der Waals surface area contributed by atoms with Crippen molar-refractivity contribution >= 4 is 46.7 Å². The lowest BCUT2D eigenvalue weighted by molar-refractivity contribution is 0.0958. The molecule has 2 aromatic rings. The summed E-state index contributed by atoms with van der Waals surface area (Å²) in [5.74, 6) is 0.0317. The third-order valence-corrected chi connectivity index (χ3v) is 7.29. The van der Waals surface area contributed by atoms with Gasteiger partial charge in [-0.15, -0.1) is 5.11 Å². The Morgan fingerprint density at radius 2 is 1.62 bits per heavy atom. The van der Waals surface area contributed by atoms with E-state index in [0.717, 1.165) is 31.2 Å². The van der Waals surface area contributed by atoms with Gasteiger partial charge in [-0.05, 0) is 72.9 Å². The molecule has 1 aliphatic carbocycles. The molecule has 0 radical (unpaired) electrons. The van der Waals surface area contributed by atoms with Crippen molar-refractivity contribution in [2.45, 2.75) is 59.0 Å². The van der Waals surface area contributed by atoms with Crippen LogP contribution >= 0.6 is 23.2 Å². The fourth-order valence-corrected chi connectivity index (χ4v) is 5.23. The van der Waals surface area contributed by atoms with Crippen molar-refractivity contribution in [3.63, 3.8) is 0 Å². The molecule has 0 saturated heterocycles. The lowest BCUT2D eigenvalue weighted by atomic mass is 9.71. The molecule has 4 N–H and O–H groups in total. The van der Waals surface area contributed by atoms with E-state index >= 15 is 0 Å². The summed E-state index contributed by atoms with van der Waals surface area (Å²) < 4.78 is 0. The van der Waals surface area contributed by atoms with Crippen LogP contribution in [0.1, 0.15) is 62.4 Å². The van der Waals surface area contributed by atoms with E-state index in [9.17, 15) is 9.59 Å². The number of rotatable bonds is 7. The van der Waals surface area contributed by atoms with E-state index in [2.05, 4.69) is 36.5 Å². The van der Waals surface area contributed by atoms with Crippen LogP contribution < -0.4 is 10.6 Å². The summed E-state index contributed by atoms with van der Waals surface area (Å²) >= 11 is 12.3. The molecule has 37 heavy (non-hydrogen) atoms. The number of halogens is 2. The van der Waals surface area contributed by atoms with Crippen LogP contribution in [0.2, 0.25) is 10.0 Å². The smallest absolute Gasteiger partial charge is 0.322 e. The normalized spacial score (nSPS) is 17.5. The van der Waals surface area contributed by atoms with Gasteiger partial charge < -0.3 is 15.5 Å². The first-order valence-corrected chi connectivity index (χ1v) is 13.1. The van der Waals surface area contributed by atoms with E-state index in [-0.39, 0.29) is 35.8 Å². The van der Waals surface area contributed by atoms with Crippen LogP contribution in [-0.2, 0) is 6.54 Å². The van der Waals surface area contributed by atoms with Gasteiger partial charge in [0.05, 0.1) is 6.54 Å². The Morgan fingerprint density at radius 3 is 2.16 bits per heavy atom. The van der Waals surface area contributed by atoms with Gasteiger partial charge in [-0.3, -0.25) is 10.2 Å². The molecule has 10 heteroatoms. The maximum absolute atomic E-state index is 13.5. The molecular weight excluding hydrogens is 511 g/mol. The Labute approximate surface area is 228 Å². The lowest BCUT2D eigenvalue weighted by Crippen LogP contribution is -2.45. The van der Waals surface area contributed by atoms with Crippen LogP contribution in [0, 0.1) is 22.3 Å². The van der Waals surface area contributed by atoms with Crippen molar-refractivity contribution in [1.29, 1.82) is 10.9 Å². The van der Waals surface area contributed by atoms with E-state index in [1.54, 1.807) is 30.3 Å². The second-order valence-corrected chi connectivity index (χ2v) is 11.4. The molecule has 1 fully saturated rings. The second kappa shape index (κ2) is 12.5. The van der Waals surface area contributed by atoms with Gasteiger partial charge in [-0.1, -0.05) is 56.1 Å². The zero-order valence-corrected chi connectivity index (χ0v) is 22.9. The number of carbonyl (C=O) groups excluding carboxylic acids is 2. The first kappa shape index (κ1) is 28.6. The Bertz CT molecular complexity index is 1120. The molecule has 0 aliphatic heterocycles. The van der Waals surface area contributed by atoms with E-state index in [0.29, 0.717) is 33.8 Å². The molecule has 8 nitrogen and oxygen atoms in total. The summed E-state index contributed by atoms with van der Waals surface area (Å²) in [5.41, 5.74) is 8.89. The number of amidine groups is 1. The molecular formula is C27H34Cl2N6O2. The highest BCUT2D eigenvalue weighted by molar-refractivity contribution is 6.35. The third-order valence-electron chi connectivity index (χ3n) is 6.86. The van der Waals surface area contributed by atoms with Crippen molar-refractivity contribution in [2.24, 2.45) is 16.4 Å². The zero-order valence-electron chi connectivity index (χ0n) is 21.4. The van der Waals surface area contributed by atoms with E-state index in [4.69, 9.17) is 34.1 Å². The minimum Gasteiger partial charge on any atom is -0.345 e. The zero-order chi connectivity index (χ0) is 27.2. The van der Waals surface area contributed by atoms with Gasteiger partial charge in [0.15, 0.2) is 5.84 Å². The number of nitrogens with zero attached hydrogens (tertiary/aromatic N) is 2. The molecule has 0 spiro atoms. The van der Waals surface area contributed by atoms with Crippen molar-refractivity contribution < 1.29 is 9.59 Å². The SMILES string of the molecule is CC(C)(C)C1CCC(N(Cc2ccc(C(=O)NCC(=N)N=N)cc2)C(=O)Nc2cc(Cl)cc(Cl)c2)CC1. The first-order valence-electron chi connectivity index (χ1n) is 12.3. The number of nitrogens with one attached hydrogen (secondary N) is 4. The Hall–Kier alpha value is -2.97. The van der Waals surface area contributed by atoms with Gasteiger partial charge >= 0.3 is 6.03 Å². The number of benzene rings is 2. The molecule has 3 rings (SSSR count). The summed E-state index contributed by atoms with van der Waals surface area (Å²) in [6.45, 7) is 7.09. The van der Waals surface area contributed by atoms with Crippen molar-refractivity contribution in [1.82, 2.24) is 10.2 Å². The van der Waals surface area contributed by atoms with Crippen molar-refractivity contribution in [3.8, 4) is 0 Å². The molecule has 2 aromatic carbocycles.